The lowest BCUT2D eigenvalue weighted by molar-refractivity contribution is 0.585. The van der Waals surface area contributed by atoms with E-state index in [1.807, 2.05) is 16.7 Å². The lowest BCUT2D eigenvalue weighted by atomic mass is 9.83. The van der Waals surface area contributed by atoms with Gasteiger partial charge in [0.15, 0.2) is 4.80 Å². The Morgan fingerprint density at radius 2 is 1.73 bits per heavy atom. The summed E-state index contributed by atoms with van der Waals surface area (Å²) in [5.74, 6) is 0. The highest BCUT2D eigenvalue weighted by atomic mass is 32.2. The highest BCUT2D eigenvalue weighted by Crippen LogP contribution is 2.41. The summed E-state index contributed by atoms with van der Waals surface area (Å²) in [5, 5.41) is 0. The molecule has 1 atom stereocenters. The van der Waals surface area contributed by atoms with E-state index in [0.29, 0.717) is 0 Å². The predicted molar refractivity (Wildman–Crippen MR) is 137 cm³/mol. The van der Waals surface area contributed by atoms with Gasteiger partial charge in [-0.3, -0.25) is 9.36 Å². The molecule has 5 heteroatoms. The minimum atomic E-state index is -0.119. The van der Waals surface area contributed by atoms with Crippen molar-refractivity contribution < 1.29 is 0 Å². The normalized spacial score (nSPS) is 17.2. The van der Waals surface area contributed by atoms with Crippen LogP contribution in [-0.2, 0) is 6.42 Å². The number of hydrogen-bond acceptors (Lipinski definition) is 4. The number of rotatable bonds is 3. The molecule has 1 aliphatic carbocycles. The standard InChI is InChI=1S/C28H22N2OS2/c1-32-21-14-11-18(12-15-21)17-24-27(31)30-26(20-8-3-2-4-9-20)23-16-13-19-7-5-6-10-22(19)25(23)29-28(30)33-24/h2-12,14-15,17,26H,13,16H2,1H3/b24-17+. The van der Waals surface area contributed by atoms with Crippen LogP contribution in [0.25, 0.3) is 11.8 Å². The van der Waals surface area contributed by atoms with E-state index in [2.05, 4.69) is 79.1 Å². The van der Waals surface area contributed by atoms with E-state index in [1.54, 1.807) is 11.8 Å². The van der Waals surface area contributed by atoms with Crippen LogP contribution in [-0.4, -0.2) is 10.8 Å². The zero-order valence-electron chi connectivity index (χ0n) is 18.2. The van der Waals surface area contributed by atoms with Crippen molar-refractivity contribution in [2.75, 3.05) is 6.26 Å². The number of nitrogens with zero attached hydrogens (tertiary/aromatic N) is 2. The molecule has 1 unspecified atom stereocenters. The Morgan fingerprint density at radius 1 is 0.970 bits per heavy atom. The van der Waals surface area contributed by atoms with E-state index in [9.17, 15) is 4.79 Å². The van der Waals surface area contributed by atoms with E-state index in [0.717, 1.165) is 39.0 Å². The molecule has 0 saturated carbocycles. The number of fused-ring (bicyclic) bond motifs is 3. The molecule has 33 heavy (non-hydrogen) atoms. The van der Waals surface area contributed by atoms with Crippen LogP contribution in [0, 0.1) is 0 Å². The second-order valence-corrected chi connectivity index (χ2v) is 10.2. The molecule has 3 aromatic carbocycles. The number of thiazole rings is 1. The Bertz CT molecular complexity index is 1560. The fourth-order valence-electron chi connectivity index (χ4n) is 4.81. The van der Waals surface area contributed by atoms with Crippen molar-refractivity contribution in [3.8, 4) is 0 Å². The summed E-state index contributed by atoms with van der Waals surface area (Å²) in [5.41, 5.74) is 7.02. The van der Waals surface area contributed by atoms with Crippen molar-refractivity contribution >= 4 is 34.9 Å². The first-order valence-electron chi connectivity index (χ1n) is 11.0. The molecular formula is C28H22N2OS2. The molecule has 1 aromatic heterocycles. The number of benzene rings is 3. The second kappa shape index (κ2) is 8.32. The molecule has 6 rings (SSSR count). The first kappa shape index (κ1) is 20.5. The third-order valence-corrected chi connectivity index (χ3v) is 8.13. The summed E-state index contributed by atoms with van der Waals surface area (Å²) >= 11 is 3.20. The van der Waals surface area contributed by atoms with Gasteiger partial charge in [0, 0.05) is 10.5 Å². The molecule has 3 nitrogen and oxygen atoms in total. The lowest BCUT2D eigenvalue weighted by Gasteiger charge is -2.30. The van der Waals surface area contributed by atoms with Crippen molar-refractivity contribution in [2.45, 2.75) is 23.8 Å². The molecule has 0 saturated heterocycles. The number of aromatic nitrogens is 1. The van der Waals surface area contributed by atoms with Crippen LogP contribution in [0.3, 0.4) is 0 Å². The van der Waals surface area contributed by atoms with E-state index in [1.165, 1.54) is 32.9 Å². The number of allylic oxidation sites excluding steroid dienone is 1. The minimum Gasteiger partial charge on any atom is -0.272 e. The van der Waals surface area contributed by atoms with Crippen LogP contribution in [0.2, 0.25) is 0 Å². The fourth-order valence-corrected chi connectivity index (χ4v) is 6.22. The average Bonchev–Trinajstić information content (AvgIpc) is 3.18. The van der Waals surface area contributed by atoms with E-state index < -0.39 is 0 Å². The Hall–Kier alpha value is -3.15. The van der Waals surface area contributed by atoms with E-state index in [-0.39, 0.29) is 11.6 Å². The topological polar surface area (TPSA) is 34.4 Å². The van der Waals surface area contributed by atoms with Gasteiger partial charge in [-0.25, -0.2) is 4.99 Å². The van der Waals surface area contributed by atoms with Gasteiger partial charge in [0.05, 0.1) is 16.3 Å². The summed E-state index contributed by atoms with van der Waals surface area (Å²) in [4.78, 5) is 20.8. The molecule has 0 amide bonds. The Labute approximate surface area is 200 Å². The molecule has 4 aromatic rings. The maximum absolute atomic E-state index is 13.7. The minimum absolute atomic E-state index is 0.0342. The number of aryl methyl sites for hydroxylation is 1. The molecule has 2 aliphatic rings. The summed E-state index contributed by atoms with van der Waals surface area (Å²) in [7, 11) is 0. The molecular weight excluding hydrogens is 444 g/mol. The predicted octanol–water partition coefficient (Wildman–Crippen LogP) is 5.04. The largest absolute Gasteiger partial charge is 0.272 e. The number of hydrogen-bond donors (Lipinski definition) is 0. The van der Waals surface area contributed by atoms with Crippen LogP contribution in [0.15, 0.2) is 99.1 Å². The maximum Gasteiger partial charge on any atom is 0.271 e. The van der Waals surface area contributed by atoms with Crippen molar-refractivity contribution in [1.82, 2.24) is 4.57 Å². The van der Waals surface area contributed by atoms with Gasteiger partial charge in [-0.1, -0.05) is 78.1 Å². The molecule has 0 N–H and O–H groups in total. The van der Waals surface area contributed by atoms with Gasteiger partial charge in [0.1, 0.15) is 0 Å². The first-order valence-corrected chi connectivity index (χ1v) is 13.1. The van der Waals surface area contributed by atoms with Crippen LogP contribution in [0.4, 0.5) is 0 Å². The highest BCUT2D eigenvalue weighted by molar-refractivity contribution is 7.98. The van der Waals surface area contributed by atoms with Gasteiger partial charge in [-0.15, -0.1) is 11.8 Å². The average molecular weight is 467 g/mol. The zero-order valence-corrected chi connectivity index (χ0v) is 19.8. The van der Waals surface area contributed by atoms with Crippen molar-refractivity contribution in [1.29, 1.82) is 0 Å². The smallest absolute Gasteiger partial charge is 0.271 e. The van der Waals surface area contributed by atoms with Crippen molar-refractivity contribution in [2.24, 2.45) is 4.99 Å². The Morgan fingerprint density at radius 3 is 2.52 bits per heavy atom. The van der Waals surface area contributed by atoms with Gasteiger partial charge < -0.3 is 0 Å². The summed E-state index contributed by atoms with van der Waals surface area (Å²) < 4.78 is 2.63. The summed E-state index contributed by atoms with van der Waals surface area (Å²) in [6, 6.07) is 27.1. The van der Waals surface area contributed by atoms with Crippen molar-refractivity contribution in [3.05, 3.63) is 126 Å². The quantitative estimate of drug-likeness (QED) is 0.397. The Kier molecular flexibility index (Phi) is 5.16. The molecule has 0 fully saturated rings. The number of thioether (sulfide) groups is 1. The molecule has 162 valence electrons. The van der Waals surface area contributed by atoms with Gasteiger partial charge in [-0.2, -0.15) is 0 Å². The van der Waals surface area contributed by atoms with Crippen LogP contribution in [0.5, 0.6) is 0 Å². The zero-order chi connectivity index (χ0) is 22.4. The third-order valence-electron chi connectivity index (χ3n) is 6.40. The lowest BCUT2D eigenvalue weighted by Crippen LogP contribution is -2.38. The summed E-state index contributed by atoms with van der Waals surface area (Å²) in [6.45, 7) is 0. The molecule has 2 heterocycles. The van der Waals surface area contributed by atoms with Gasteiger partial charge >= 0.3 is 0 Å². The van der Waals surface area contributed by atoms with Crippen LogP contribution in [0.1, 0.15) is 34.7 Å². The Balaban J connectivity index is 1.59. The molecule has 0 bridgehead atoms. The maximum atomic E-state index is 13.7. The van der Waals surface area contributed by atoms with Gasteiger partial charge in [0.2, 0.25) is 0 Å². The SMILES string of the molecule is CSc1ccc(/C=c2/sc3n(c2=O)C(c2ccccc2)C2=C(N=3)c3ccccc3CC2)cc1. The fraction of sp³-hybridized carbons (Fsp3) is 0.143. The van der Waals surface area contributed by atoms with Crippen molar-refractivity contribution in [3.63, 3.8) is 0 Å². The van der Waals surface area contributed by atoms with E-state index >= 15 is 0 Å². The molecule has 0 radical (unpaired) electrons. The van der Waals surface area contributed by atoms with Gasteiger partial charge in [-0.05, 0) is 59.6 Å². The molecule has 1 aliphatic heterocycles. The second-order valence-electron chi connectivity index (χ2n) is 8.30. The molecule has 0 spiro atoms. The van der Waals surface area contributed by atoms with Crippen LogP contribution >= 0.6 is 23.1 Å². The van der Waals surface area contributed by atoms with E-state index in [4.69, 9.17) is 4.99 Å². The van der Waals surface area contributed by atoms with Crippen LogP contribution < -0.4 is 14.9 Å². The third kappa shape index (κ3) is 3.52. The van der Waals surface area contributed by atoms with Gasteiger partial charge in [0.25, 0.3) is 5.56 Å². The monoisotopic (exact) mass is 466 g/mol. The first-order chi connectivity index (χ1) is 16.2. The highest BCUT2D eigenvalue weighted by Gasteiger charge is 2.32. The summed E-state index contributed by atoms with van der Waals surface area (Å²) in [6.07, 6.45) is 5.94.